The van der Waals surface area contributed by atoms with Crippen LogP contribution in [-0.4, -0.2) is 11.8 Å². The third-order valence-electron chi connectivity index (χ3n) is 4.21. The fourth-order valence-corrected chi connectivity index (χ4v) is 2.64. The van der Waals surface area contributed by atoms with Gasteiger partial charge in [-0.1, -0.05) is 59.7 Å². The number of aryl methyl sites for hydroxylation is 2. The SMILES string of the molecule is Cc1ccc(C(=O)[C@H](OC(=O)c2cccc[n+]2[O-])c2ccc(C)cc2)cc1. The highest BCUT2D eigenvalue weighted by Gasteiger charge is 2.29. The minimum absolute atomic E-state index is 0.175. The van der Waals surface area contributed by atoms with Gasteiger partial charge in [0.2, 0.25) is 5.78 Å². The Labute approximate surface area is 157 Å². The molecule has 136 valence electrons. The van der Waals surface area contributed by atoms with Crippen molar-refractivity contribution in [2.75, 3.05) is 0 Å². The summed E-state index contributed by atoms with van der Waals surface area (Å²) in [6, 6.07) is 18.7. The maximum Gasteiger partial charge on any atom is 0.406 e. The van der Waals surface area contributed by atoms with Crippen LogP contribution in [0.1, 0.15) is 43.6 Å². The number of aromatic nitrogens is 1. The first kappa shape index (κ1) is 18.3. The number of hydrogen-bond acceptors (Lipinski definition) is 4. The Hall–Kier alpha value is -3.47. The highest BCUT2D eigenvalue weighted by atomic mass is 16.6. The third kappa shape index (κ3) is 4.20. The second-order valence-electron chi connectivity index (χ2n) is 6.34. The molecule has 3 rings (SSSR count). The van der Waals surface area contributed by atoms with Crippen molar-refractivity contribution in [1.82, 2.24) is 0 Å². The summed E-state index contributed by atoms with van der Waals surface area (Å²) in [6.45, 7) is 3.85. The number of carbonyl (C=O) groups excluding carboxylic acids is 2. The smallest absolute Gasteiger partial charge is 0.406 e. The number of benzene rings is 2. The van der Waals surface area contributed by atoms with Gasteiger partial charge in [0.1, 0.15) is 0 Å². The molecule has 1 atom stereocenters. The number of hydrogen-bond donors (Lipinski definition) is 0. The second-order valence-corrected chi connectivity index (χ2v) is 6.34. The van der Waals surface area contributed by atoms with Crippen molar-refractivity contribution in [2.24, 2.45) is 0 Å². The Kier molecular flexibility index (Phi) is 5.31. The van der Waals surface area contributed by atoms with Gasteiger partial charge in [0, 0.05) is 23.3 Å². The average Bonchev–Trinajstić information content (AvgIpc) is 2.67. The van der Waals surface area contributed by atoms with Crippen LogP contribution in [0.25, 0.3) is 0 Å². The highest BCUT2D eigenvalue weighted by molar-refractivity contribution is 6.01. The van der Waals surface area contributed by atoms with E-state index in [9.17, 15) is 14.8 Å². The number of rotatable bonds is 5. The van der Waals surface area contributed by atoms with Gasteiger partial charge in [0.25, 0.3) is 0 Å². The molecule has 0 spiro atoms. The summed E-state index contributed by atoms with van der Waals surface area (Å²) >= 11 is 0. The molecule has 1 aromatic heterocycles. The molecule has 0 N–H and O–H groups in total. The summed E-state index contributed by atoms with van der Waals surface area (Å²) in [5, 5.41) is 11.8. The Morgan fingerprint density at radius 1 is 0.889 bits per heavy atom. The van der Waals surface area contributed by atoms with Crippen molar-refractivity contribution in [3.8, 4) is 0 Å². The molecule has 0 saturated heterocycles. The standard InChI is InChI=1S/C22H19NO4/c1-15-6-10-17(11-7-15)20(24)21(18-12-8-16(2)9-13-18)27-22(25)19-5-3-4-14-23(19)26/h3-14,21H,1-2H3/t21-/m1/s1. The van der Waals surface area contributed by atoms with Crippen molar-refractivity contribution in [3.05, 3.63) is 106 Å². The van der Waals surface area contributed by atoms with Gasteiger partial charge in [0.15, 0.2) is 12.3 Å². The molecular formula is C22H19NO4. The molecule has 0 radical (unpaired) electrons. The summed E-state index contributed by atoms with van der Waals surface area (Å²) < 4.78 is 5.90. The lowest BCUT2D eigenvalue weighted by molar-refractivity contribution is -0.608. The monoisotopic (exact) mass is 361 g/mol. The average molecular weight is 361 g/mol. The quantitative estimate of drug-likeness (QED) is 0.301. The highest BCUT2D eigenvalue weighted by Crippen LogP contribution is 2.24. The van der Waals surface area contributed by atoms with Crippen LogP contribution >= 0.6 is 0 Å². The molecule has 0 amide bonds. The lowest BCUT2D eigenvalue weighted by Crippen LogP contribution is -2.35. The maximum atomic E-state index is 13.0. The van der Waals surface area contributed by atoms with Crippen LogP contribution in [-0.2, 0) is 4.74 Å². The number of nitrogens with zero attached hydrogens (tertiary/aromatic N) is 1. The van der Waals surface area contributed by atoms with Crippen molar-refractivity contribution in [3.63, 3.8) is 0 Å². The van der Waals surface area contributed by atoms with Gasteiger partial charge in [-0.15, -0.1) is 0 Å². The predicted octanol–water partition coefficient (Wildman–Crippen LogP) is 3.72. The minimum atomic E-state index is -1.14. The zero-order valence-corrected chi connectivity index (χ0v) is 15.1. The molecule has 1 heterocycles. The first-order valence-electron chi connectivity index (χ1n) is 8.52. The number of ether oxygens (including phenoxy) is 1. The molecule has 0 fully saturated rings. The van der Waals surface area contributed by atoms with Gasteiger partial charge in [-0.05, 0) is 19.9 Å². The van der Waals surface area contributed by atoms with Crippen LogP contribution in [0.3, 0.4) is 0 Å². The van der Waals surface area contributed by atoms with Crippen LogP contribution in [0.4, 0.5) is 0 Å². The minimum Gasteiger partial charge on any atom is -0.618 e. The van der Waals surface area contributed by atoms with E-state index in [0.29, 0.717) is 15.9 Å². The molecule has 0 aliphatic heterocycles. The molecule has 27 heavy (non-hydrogen) atoms. The second kappa shape index (κ2) is 7.83. The van der Waals surface area contributed by atoms with Gasteiger partial charge in [0.05, 0.1) is 0 Å². The molecule has 5 nitrogen and oxygen atoms in total. The van der Waals surface area contributed by atoms with Crippen LogP contribution in [0.2, 0.25) is 0 Å². The molecule has 0 aliphatic rings. The van der Waals surface area contributed by atoms with Gasteiger partial charge in [-0.3, -0.25) is 4.79 Å². The number of pyridine rings is 1. The van der Waals surface area contributed by atoms with Gasteiger partial charge in [-0.2, -0.15) is 4.73 Å². The van der Waals surface area contributed by atoms with E-state index in [2.05, 4.69) is 0 Å². The van der Waals surface area contributed by atoms with E-state index in [-0.39, 0.29) is 11.5 Å². The first-order valence-corrected chi connectivity index (χ1v) is 8.52. The topological polar surface area (TPSA) is 70.3 Å². The van der Waals surface area contributed by atoms with E-state index in [1.54, 1.807) is 30.3 Å². The number of ketones is 1. The van der Waals surface area contributed by atoms with Crippen molar-refractivity contribution >= 4 is 11.8 Å². The molecule has 5 heteroatoms. The first-order chi connectivity index (χ1) is 13.0. The van der Waals surface area contributed by atoms with Gasteiger partial charge >= 0.3 is 11.7 Å². The molecule has 2 aromatic carbocycles. The summed E-state index contributed by atoms with van der Waals surface area (Å²) in [5.74, 6) is -1.20. The molecule has 0 bridgehead atoms. The lowest BCUT2D eigenvalue weighted by atomic mass is 9.98. The molecule has 0 unspecified atom stereocenters. The summed E-state index contributed by atoms with van der Waals surface area (Å²) in [7, 11) is 0. The lowest BCUT2D eigenvalue weighted by Gasteiger charge is -2.17. The van der Waals surface area contributed by atoms with Crippen LogP contribution in [0, 0.1) is 19.1 Å². The molecular weight excluding hydrogens is 342 g/mol. The van der Waals surface area contributed by atoms with E-state index >= 15 is 0 Å². The normalized spacial score (nSPS) is 11.6. The molecule has 0 aliphatic carbocycles. The summed E-state index contributed by atoms with van der Waals surface area (Å²) in [4.78, 5) is 25.5. The Morgan fingerprint density at radius 2 is 1.48 bits per heavy atom. The Bertz CT molecular complexity index is 962. The van der Waals surface area contributed by atoms with Crippen molar-refractivity contribution in [1.29, 1.82) is 0 Å². The zero-order valence-electron chi connectivity index (χ0n) is 15.1. The maximum absolute atomic E-state index is 13.0. The van der Waals surface area contributed by atoms with Crippen LogP contribution in [0.5, 0.6) is 0 Å². The molecule has 3 aromatic rings. The van der Waals surface area contributed by atoms with Gasteiger partial charge < -0.3 is 9.94 Å². The van der Waals surface area contributed by atoms with E-state index in [1.807, 2.05) is 38.1 Å². The van der Waals surface area contributed by atoms with E-state index in [0.717, 1.165) is 11.1 Å². The Morgan fingerprint density at radius 3 is 2.07 bits per heavy atom. The Balaban J connectivity index is 1.96. The fraction of sp³-hybridized carbons (Fsp3) is 0.136. The number of carbonyl (C=O) groups is 2. The zero-order chi connectivity index (χ0) is 19.4. The largest absolute Gasteiger partial charge is 0.618 e. The van der Waals surface area contributed by atoms with Gasteiger partial charge in [-0.25, -0.2) is 4.79 Å². The van der Waals surface area contributed by atoms with E-state index < -0.39 is 12.1 Å². The van der Waals surface area contributed by atoms with Crippen molar-refractivity contribution < 1.29 is 19.1 Å². The van der Waals surface area contributed by atoms with Crippen LogP contribution < -0.4 is 4.73 Å². The number of Topliss-reactive ketones (excluding diaryl/α,β-unsaturated/α-hetero) is 1. The van der Waals surface area contributed by atoms with Crippen molar-refractivity contribution in [2.45, 2.75) is 20.0 Å². The predicted molar refractivity (Wildman–Crippen MR) is 100 cm³/mol. The third-order valence-corrected chi connectivity index (χ3v) is 4.21. The van der Waals surface area contributed by atoms with Crippen LogP contribution in [0.15, 0.2) is 72.9 Å². The van der Waals surface area contributed by atoms with E-state index in [1.165, 1.54) is 18.3 Å². The molecule has 0 saturated carbocycles. The van der Waals surface area contributed by atoms with E-state index in [4.69, 9.17) is 4.74 Å². The number of esters is 1. The summed E-state index contributed by atoms with van der Waals surface area (Å²) in [5.41, 5.74) is 2.85. The fourth-order valence-electron chi connectivity index (χ4n) is 2.64. The summed E-state index contributed by atoms with van der Waals surface area (Å²) in [6.07, 6.45) is 0.0697.